The molecule has 2 nitrogen and oxygen atoms in total. The number of nitrogens with zero attached hydrogens (tertiary/aromatic N) is 2. The molecule has 0 bridgehead atoms. The summed E-state index contributed by atoms with van der Waals surface area (Å²) in [6.45, 7) is 1.98. The molecule has 2 aromatic rings. The lowest BCUT2D eigenvalue weighted by atomic mass is 10.1. The van der Waals surface area contributed by atoms with Gasteiger partial charge in [-0.1, -0.05) is 12.1 Å². The van der Waals surface area contributed by atoms with E-state index in [1.165, 1.54) is 0 Å². The van der Waals surface area contributed by atoms with E-state index in [2.05, 4.69) is 11.1 Å². The highest BCUT2D eigenvalue weighted by Crippen LogP contribution is 2.27. The minimum atomic E-state index is 0.690. The van der Waals surface area contributed by atoms with Crippen molar-refractivity contribution in [3.8, 4) is 16.5 Å². The van der Waals surface area contributed by atoms with Gasteiger partial charge in [0.15, 0.2) is 0 Å². The molecule has 0 spiro atoms. The van der Waals surface area contributed by atoms with Crippen molar-refractivity contribution in [2.75, 3.05) is 0 Å². The Kier molecular flexibility index (Phi) is 2.30. The molecule has 0 saturated heterocycles. The van der Waals surface area contributed by atoms with Crippen LogP contribution in [0.3, 0.4) is 0 Å². The summed E-state index contributed by atoms with van der Waals surface area (Å²) in [5, 5.41) is 8.77. The van der Waals surface area contributed by atoms with Crippen LogP contribution in [0, 0.1) is 18.3 Å². The highest BCUT2D eigenvalue weighted by molar-refractivity contribution is 7.13. The van der Waals surface area contributed by atoms with Crippen molar-refractivity contribution in [3.63, 3.8) is 0 Å². The number of nitriles is 1. The third kappa shape index (κ3) is 1.52. The maximum absolute atomic E-state index is 8.77. The average Bonchev–Trinajstić information content (AvgIpc) is 2.65. The first-order chi connectivity index (χ1) is 6.81. The molecule has 0 unspecified atom stereocenters. The summed E-state index contributed by atoms with van der Waals surface area (Å²) in [6, 6.07) is 9.73. The van der Waals surface area contributed by atoms with E-state index in [1.54, 1.807) is 17.4 Å². The van der Waals surface area contributed by atoms with E-state index in [1.807, 2.05) is 30.6 Å². The predicted octanol–water partition coefficient (Wildman–Crippen LogP) is 2.99. The Hall–Kier alpha value is -1.66. The molecule has 2 rings (SSSR count). The third-order valence-corrected chi connectivity index (χ3v) is 2.98. The van der Waals surface area contributed by atoms with Crippen molar-refractivity contribution in [2.45, 2.75) is 6.92 Å². The molecule has 1 aromatic carbocycles. The van der Waals surface area contributed by atoms with E-state index in [0.29, 0.717) is 5.56 Å². The largest absolute Gasteiger partial charge is 0.249 e. The molecule has 0 radical (unpaired) electrons. The molecular weight excluding hydrogens is 192 g/mol. The van der Waals surface area contributed by atoms with Gasteiger partial charge in [0.2, 0.25) is 0 Å². The Balaban J connectivity index is 2.53. The van der Waals surface area contributed by atoms with Crippen LogP contribution in [0.15, 0.2) is 29.8 Å². The first-order valence-electron chi connectivity index (χ1n) is 4.22. The summed E-state index contributed by atoms with van der Waals surface area (Å²) in [4.78, 5) is 5.32. The molecule has 0 N–H and O–H groups in total. The maximum atomic E-state index is 8.77. The number of thiazole rings is 1. The first-order valence-corrected chi connectivity index (χ1v) is 5.10. The van der Waals surface area contributed by atoms with E-state index in [-0.39, 0.29) is 0 Å². The molecule has 0 aliphatic rings. The van der Waals surface area contributed by atoms with Gasteiger partial charge in [0.25, 0.3) is 0 Å². The molecule has 0 amide bonds. The van der Waals surface area contributed by atoms with Crippen LogP contribution >= 0.6 is 11.3 Å². The zero-order valence-corrected chi connectivity index (χ0v) is 8.51. The monoisotopic (exact) mass is 200 g/mol. The highest BCUT2D eigenvalue weighted by Gasteiger charge is 2.04. The van der Waals surface area contributed by atoms with Crippen molar-refractivity contribution >= 4 is 11.3 Å². The molecule has 3 heteroatoms. The van der Waals surface area contributed by atoms with Crippen molar-refractivity contribution in [1.82, 2.24) is 4.98 Å². The van der Waals surface area contributed by atoms with Crippen LogP contribution in [-0.4, -0.2) is 4.98 Å². The number of rotatable bonds is 1. The average molecular weight is 200 g/mol. The topological polar surface area (TPSA) is 36.7 Å². The fourth-order valence-electron chi connectivity index (χ4n) is 1.31. The summed E-state index contributed by atoms with van der Waals surface area (Å²) in [5.41, 5.74) is 4.61. The number of aromatic nitrogens is 1. The van der Waals surface area contributed by atoms with Crippen LogP contribution in [0.2, 0.25) is 0 Å². The molecule has 0 saturated carbocycles. The van der Waals surface area contributed by atoms with Crippen LogP contribution in [0.25, 0.3) is 10.4 Å². The Bertz CT molecular complexity index is 494. The van der Waals surface area contributed by atoms with Crippen molar-refractivity contribution in [1.29, 1.82) is 5.26 Å². The summed E-state index contributed by atoms with van der Waals surface area (Å²) < 4.78 is 0. The maximum Gasteiger partial charge on any atom is 0.0991 e. The smallest absolute Gasteiger partial charge is 0.0991 e. The summed E-state index contributed by atoms with van der Waals surface area (Å²) in [6.07, 6.45) is 0. The van der Waals surface area contributed by atoms with Gasteiger partial charge < -0.3 is 0 Å². The number of hydrogen-bond donors (Lipinski definition) is 0. The van der Waals surface area contributed by atoms with Crippen LogP contribution in [0.1, 0.15) is 11.3 Å². The van der Waals surface area contributed by atoms with Gasteiger partial charge in [-0.15, -0.1) is 11.3 Å². The minimum Gasteiger partial charge on any atom is -0.249 e. The van der Waals surface area contributed by atoms with Gasteiger partial charge >= 0.3 is 0 Å². The third-order valence-electron chi connectivity index (χ3n) is 2.00. The zero-order chi connectivity index (χ0) is 9.97. The van der Waals surface area contributed by atoms with Crippen LogP contribution in [0.4, 0.5) is 0 Å². The Morgan fingerprint density at radius 3 is 2.93 bits per heavy atom. The Morgan fingerprint density at radius 1 is 1.43 bits per heavy atom. The highest BCUT2D eigenvalue weighted by atomic mass is 32.1. The summed E-state index contributed by atoms with van der Waals surface area (Å²) in [7, 11) is 0. The van der Waals surface area contributed by atoms with Gasteiger partial charge in [-0.05, 0) is 24.6 Å². The number of benzene rings is 1. The minimum absolute atomic E-state index is 0.690. The molecule has 68 valence electrons. The summed E-state index contributed by atoms with van der Waals surface area (Å²) in [5.74, 6) is 0. The quantitative estimate of drug-likeness (QED) is 0.709. The van der Waals surface area contributed by atoms with Crippen LogP contribution in [0.5, 0.6) is 0 Å². The molecule has 1 aromatic heterocycles. The zero-order valence-electron chi connectivity index (χ0n) is 7.69. The van der Waals surface area contributed by atoms with E-state index in [4.69, 9.17) is 5.26 Å². The number of aryl methyl sites for hydroxylation is 1. The van der Waals surface area contributed by atoms with Crippen molar-refractivity contribution in [3.05, 3.63) is 41.0 Å². The summed E-state index contributed by atoms with van der Waals surface area (Å²) >= 11 is 1.60. The predicted molar refractivity (Wildman–Crippen MR) is 57.0 cm³/mol. The van der Waals surface area contributed by atoms with Gasteiger partial charge in [-0.25, -0.2) is 4.98 Å². The van der Waals surface area contributed by atoms with E-state index in [0.717, 1.165) is 16.1 Å². The number of hydrogen-bond acceptors (Lipinski definition) is 3. The molecule has 0 aliphatic heterocycles. The van der Waals surface area contributed by atoms with Crippen LogP contribution in [-0.2, 0) is 0 Å². The molecule has 14 heavy (non-hydrogen) atoms. The lowest BCUT2D eigenvalue weighted by Gasteiger charge is -1.98. The van der Waals surface area contributed by atoms with Gasteiger partial charge in [-0.2, -0.15) is 5.26 Å². The van der Waals surface area contributed by atoms with E-state index < -0.39 is 0 Å². The van der Waals surface area contributed by atoms with Gasteiger partial charge in [0.1, 0.15) is 0 Å². The van der Waals surface area contributed by atoms with Crippen molar-refractivity contribution in [2.24, 2.45) is 0 Å². The second-order valence-corrected chi connectivity index (χ2v) is 3.81. The van der Waals surface area contributed by atoms with E-state index >= 15 is 0 Å². The van der Waals surface area contributed by atoms with Crippen molar-refractivity contribution < 1.29 is 0 Å². The first kappa shape index (κ1) is 8.92. The Labute approximate surface area is 86.5 Å². The molecule has 0 fully saturated rings. The fourth-order valence-corrected chi connectivity index (χ4v) is 2.11. The molecule has 0 aliphatic carbocycles. The van der Waals surface area contributed by atoms with Gasteiger partial charge in [-0.3, -0.25) is 0 Å². The molecular formula is C11H8N2S. The second kappa shape index (κ2) is 3.60. The molecule has 0 atom stereocenters. The second-order valence-electron chi connectivity index (χ2n) is 2.96. The SMILES string of the molecule is Cc1ncsc1-c1cccc(C#N)c1. The van der Waals surface area contributed by atoms with Gasteiger partial charge in [0.05, 0.1) is 27.7 Å². The normalized spacial score (nSPS) is 9.71. The van der Waals surface area contributed by atoms with Gasteiger partial charge in [0, 0.05) is 0 Å². The molecule has 1 heterocycles. The van der Waals surface area contributed by atoms with Crippen LogP contribution < -0.4 is 0 Å². The fraction of sp³-hybridized carbons (Fsp3) is 0.0909. The standard InChI is InChI=1S/C11H8N2S/c1-8-11(14-7-13-8)10-4-2-3-9(5-10)6-12/h2-5,7H,1H3. The Morgan fingerprint density at radius 2 is 2.29 bits per heavy atom. The lowest BCUT2D eigenvalue weighted by molar-refractivity contribution is 1.27. The lowest BCUT2D eigenvalue weighted by Crippen LogP contribution is -1.79. The van der Waals surface area contributed by atoms with E-state index in [9.17, 15) is 0 Å².